The molecule has 0 unspecified atom stereocenters. The molecule has 1 N–H and O–H groups in total. The van der Waals surface area contributed by atoms with Crippen molar-refractivity contribution >= 4 is 11.3 Å². The molecule has 0 radical (unpaired) electrons. The van der Waals surface area contributed by atoms with Crippen molar-refractivity contribution in [2.45, 2.75) is 40.0 Å². The molecule has 4 heteroatoms. The van der Waals surface area contributed by atoms with Gasteiger partial charge in [0.2, 0.25) is 0 Å². The zero-order chi connectivity index (χ0) is 15.2. The first kappa shape index (κ1) is 15.9. The fourth-order valence-corrected chi connectivity index (χ4v) is 2.94. The Kier molecular flexibility index (Phi) is 5.65. The van der Waals surface area contributed by atoms with E-state index in [0.717, 1.165) is 24.6 Å². The number of hydrogen-bond acceptors (Lipinski definition) is 4. The van der Waals surface area contributed by atoms with Crippen molar-refractivity contribution in [3.05, 3.63) is 45.6 Å². The molecule has 0 bridgehead atoms. The summed E-state index contributed by atoms with van der Waals surface area (Å²) < 4.78 is 11.1. The topological polar surface area (TPSA) is 30.5 Å². The van der Waals surface area contributed by atoms with Crippen molar-refractivity contribution in [3.8, 4) is 11.5 Å². The Hall–Kier alpha value is -1.52. The predicted molar refractivity (Wildman–Crippen MR) is 88.4 cm³/mol. The molecule has 0 fully saturated rings. The summed E-state index contributed by atoms with van der Waals surface area (Å²) in [7, 11) is 1.68. The summed E-state index contributed by atoms with van der Waals surface area (Å²) in [4.78, 5) is 0. The van der Waals surface area contributed by atoms with E-state index in [4.69, 9.17) is 9.47 Å². The molecule has 0 amide bonds. The summed E-state index contributed by atoms with van der Waals surface area (Å²) >= 11 is 1.75. The maximum atomic E-state index is 5.73. The van der Waals surface area contributed by atoms with Gasteiger partial charge >= 0.3 is 0 Å². The Morgan fingerprint density at radius 2 is 1.95 bits per heavy atom. The standard InChI is InChI=1S/C17H23NO2S/c1-12(2)20-16-6-5-14(7-17(16)19-4)8-18-9-15-11-21-10-13(15)3/h5-7,10-12,18H,8-9H2,1-4H3. The summed E-state index contributed by atoms with van der Waals surface area (Å²) in [5, 5.41) is 7.84. The van der Waals surface area contributed by atoms with E-state index in [-0.39, 0.29) is 6.10 Å². The maximum absolute atomic E-state index is 5.73. The molecule has 3 nitrogen and oxygen atoms in total. The molecule has 0 aliphatic rings. The van der Waals surface area contributed by atoms with Crippen LogP contribution in [0.1, 0.15) is 30.5 Å². The number of methoxy groups -OCH3 is 1. The quantitative estimate of drug-likeness (QED) is 0.834. The minimum absolute atomic E-state index is 0.143. The molecule has 2 rings (SSSR count). The van der Waals surface area contributed by atoms with Crippen LogP contribution in [0.15, 0.2) is 29.0 Å². The molecule has 114 valence electrons. The first-order valence-electron chi connectivity index (χ1n) is 7.16. The number of benzene rings is 1. The van der Waals surface area contributed by atoms with E-state index < -0.39 is 0 Å². The summed E-state index contributed by atoms with van der Waals surface area (Å²) in [5.41, 5.74) is 3.91. The fraction of sp³-hybridized carbons (Fsp3) is 0.412. The van der Waals surface area contributed by atoms with Crippen LogP contribution in [0, 0.1) is 6.92 Å². The number of aryl methyl sites for hydroxylation is 1. The second kappa shape index (κ2) is 7.48. The predicted octanol–water partition coefficient (Wildman–Crippen LogP) is 4.14. The van der Waals surface area contributed by atoms with Gasteiger partial charge in [0, 0.05) is 13.1 Å². The van der Waals surface area contributed by atoms with Crippen molar-refractivity contribution < 1.29 is 9.47 Å². The van der Waals surface area contributed by atoms with Gasteiger partial charge in [-0.2, -0.15) is 11.3 Å². The number of ether oxygens (including phenoxy) is 2. The van der Waals surface area contributed by atoms with Crippen molar-refractivity contribution in [2.24, 2.45) is 0 Å². The Bertz CT molecular complexity index is 578. The van der Waals surface area contributed by atoms with E-state index in [1.165, 1.54) is 16.7 Å². The van der Waals surface area contributed by atoms with E-state index >= 15 is 0 Å². The van der Waals surface area contributed by atoms with Crippen molar-refractivity contribution in [1.82, 2.24) is 5.32 Å². The molecule has 1 aromatic heterocycles. The molecule has 2 aromatic rings. The Labute approximate surface area is 130 Å². The highest BCUT2D eigenvalue weighted by Gasteiger charge is 2.07. The van der Waals surface area contributed by atoms with Crippen LogP contribution < -0.4 is 14.8 Å². The third-order valence-corrected chi connectivity index (χ3v) is 4.11. The van der Waals surface area contributed by atoms with Crippen LogP contribution in [0.25, 0.3) is 0 Å². The number of hydrogen-bond donors (Lipinski definition) is 1. The number of rotatable bonds is 7. The molecule has 1 heterocycles. The molecule has 0 saturated heterocycles. The van der Waals surface area contributed by atoms with Crippen LogP contribution in [0.5, 0.6) is 11.5 Å². The smallest absolute Gasteiger partial charge is 0.161 e. The van der Waals surface area contributed by atoms with Gasteiger partial charge in [-0.25, -0.2) is 0 Å². The van der Waals surface area contributed by atoms with Gasteiger partial charge in [0.1, 0.15) is 0 Å². The van der Waals surface area contributed by atoms with Crippen LogP contribution in [0.4, 0.5) is 0 Å². The summed E-state index contributed by atoms with van der Waals surface area (Å²) in [5.74, 6) is 1.58. The van der Waals surface area contributed by atoms with Gasteiger partial charge in [0.15, 0.2) is 11.5 Å². The van der Waals surface area contributed by atoms with Crippen molar-refractivity contribution in [3.63, 3.8) is 0 Å². The molecule has 0 atom stereocenters. The van der Waals surface area contributed by atoms with E-state index in [9.17, 15) is 0 Å². The highest BCUT2D eigenvalue weighted by Crippen LogP contribution is 2.29. The second-order valence-electron chi connectivity index (χ2n) is 5.34. The molecule has 21 heavy (non-hydrogen) atoms. The van der Waals surface area contributed by atoms with Crippen LogP contribution in [-0.2, 0) is 13.1 Å². The Balaban J connectivity index is 1.96. The average molecular weight is 305 g/mol. The average Bonchev–Trinajstić information content (AvgIpc) is 2.85. The Morgan fingerprint density at radius 3 is 2.57 bits per heavy atom. The lowest BCUT2D eigenvalue weighted by Gasteiger charge is -2.14. The number of nitrogens with one attached hydrogen (secondary N) is 1. The minimum atomic E-state index is 0.143. The molecule has 0 spiro atoms. The SMILES string of the molecule is COc1cc(CNCc2cscc2C)ccc1OC(C)C. The zero-order valence-corrected chi connectivity index (χ0v) is 13.9. The highest BCUT2D eigenvalue weighted by molar-refractivity contribution is 7.08. The van der Waals surface area contributed by atoms with Gasteiger partial charge in [0.25, 0.3) is 0 Å². The van der Waals surface area contributed by atoms with Crippen LogP contribution in [-0.4, -0.2) is 13.2 Å². The van der Waals surface area contributed by atoms with Crippen LogP contribution in [0.3, 0.4) is 0 Å². The molecular weight excluding hydrogens is 282 g/mol. The third kappa shape index (κ3) is 4.48. The van der Waals surface area contributed by atoms with Gasteiger partial charge < -0.3 is 14.8 Å². The van der Waals surface area contributed by atoms with Crippen molar-refractivity contribution in [2.75, 3.05) is 7.11 Å². The van der Waals surface area contributed by atoms with E-state index in [2.05, 4.69) is 29.1 Å². The van der Waals surface area contributed by atoms with Gasteiger partial charge in [0.05, 0.1) is 13.2 Å². The molecule has 0 aliphatic heterocycles. The van der Waals surface area contributed by atoms with Gasteiger partial charge in [-0.05, 0) is 60.4 Å². The lowest BCUT2D eigenvalue weighted by Crippen LogP contribution is -2.13. The first-order chi connectivity index (χ1) is 10.1. The summed E-state index contributed by atoms with van der Waals surface area (Å²) in [6.45, 7) is 7.88. The summed E-state index contributed by atoms with van der Waals surface area (Å²) in [6.07, 6.45) is 0.143. The molecule has 0 aliphatic carbocycles. The van der Waals surface area contributed by atoms with Gasteiger partial charge in [-0.3, -0.25) is 0 Å². The first-order valence-corrected chi connectivity index (χ1v) is 8.10. The summed E-state index contributed by atoms with van der Waals surface area (Å²) in [6, 6.07) is 6.09. The van der Waals surface area contributed by atoms with E-state index in [0.29, 0.717) is 0 Å². The molecule has 1 aromatic carbocycles. The second-order valence-corrected chi connectivity index (χ2v) is 6.08. The molecule has 0 saturated carbocycles. The van der Waals surface area contributed by atoms with E-state index in [1.807, 2.05) is 26.0 Å². The Morgan fingerprint density at radius 1 is 1.14 bits per heavy atom. The zero-order valence-electron chi connectivity index (χ0n) is 13.1. The highest BCUT2D eigenvalue weighted by atomic mass is 32.1. The monoisotopic (exact) mass is 305 g/mol. The minimum Gasteiger partial charge on any atom is -0.493 e. The lowest BCUT2D eigenvalue weighted by molar-refractivity contribution is 0.230. The number of thiophene rings is 1. The van der Waals surface area contributed by atoms with Crippen LogP contribution in [0.2, 0.25) is 0 Å². The third-order valence-electron chi connectivity index (χ3n) is 3.20. The lowest BCUT2D eigenvalue weighted by atomic mass is 10.2. The maximum Gasteiger partial charge on any atom is 0.161 e. The largest absolute Gasteiger partial charge is 0.493 e. The van der Waals surface area contributed by atoms with Crippen LogP contribution >= 0.6 is 11.3 Å². The van der Waals surface area contributed by atoms with Crippen molar-refractivity contribution in [1.29, 1.82) is 0 Å². The van der Waals surface area contributed by atoms with Gasteiger partial charge in [-0.15, -0.1) is 0 Å². The normalized spacial score (nSPS) is 10.9. The fourth-order valence-electron chi connectivity index (χ4n) is 2.08. The van der Waals surface area contributed by atoms with Gasteiger partial charge in [-0.1, -0.05) is 6.07 Å². The van der Waals surface area contributed by atoms with E-state index in [1.54, 1.807) is 18.4 Å². The molecular formula is C17H23NO2S.